The van der Waals surface area contributed by atoms with Gasteiger partial charge in [-0.05, 0) is 21.9 Å². The number of fused-ring (bicyclic) bond motifs is 1. The summed E-state index contributed by atoms with van der Waals surface area (Å²) in [6.07, 6.45) is 5.10. The Kier molecular flexibility index (Phi) is 7.54. The van der Waals surface area contributed by atoms with Crippen molar-refractivity contribution in [3.8, 4) is 0 Å². The van der Waals surface area contributed by atoms with E-state index in [1.54, 1.807) is 0 Å². The van der Waals surface area contributed by atoms with E-state index in [2.05, 4.69) is 81.7 Å². The van der Waals surface area contributed by atoms with Crippen LogP contribution in [0.3, 0.4) is 0 Å². The molecule has 36 heavy (non-hydrogen) atoms. The summed E-state index contributed by atoms with van der Waals surface area (Å²) in [7, 11) is 0. The Balaban J connectivity index is 1.20. The zero-order valence-corrected chi connectivity index (χ0v) is 21.3. The van der Waals surface area contributed by atoms with Gasteiger partial charge in [0.05, 0.1) is 5.75 Å². The molecule has 0 spiro atoms. The second kappa shape index (κ2) is 11.3. The van der Waals surface area contributed by atoms with Crippen LogP contribution in [0.25, 0.3) is 10.8 Å². The van der Waals surface area contributed by atoms with Gasteiger partial charge < -0.3 is 9.88 Å². The van der Waals surface area contributed by atoms with E-state index in [1.807, 2.05) is 35.0 Å². The van der Waals surface area contributed by atoms with Gasteiger partial charge in [0.25, 0.3) is 0 Å². The van der Waals surface area contributed by atoms with Gasteiger partial charge in [0.2, 0.25) is 5.91 Å². The van der Waals surface area contributed by atoms with E-state index < -0.39 is 0 Å². The third-order valence-corrected chi connectivity index (χ3v) is 7.57. The first-order chi connectivity index (χ1) is 17.7. The topological polar surface area (TPSA) is 72.7 Å². The number of anilines is 1. The molecule has 2 heterocycles. The lowest BCUT2D eigenvalue weighted by Crippen LogP contribution is -2.14. The number of rotatable bonds is 10. The quantitative estimate of drug-likeness (QED) is 0.184. The van der Waals surface area contributed by atoms with Crippen molar-refractivity contribution in [2.24, 2.45) is 0 Å². The molecule has 0 atom stereocenters. The molecule has 0 bridgehead atoms. The Bertz CT molecular complexity index is 1490. The lowest BCUT2D eigenvalue weighted by Gasteiger charge is -2.07. The van der Waals surface area contributed by atoms with Crippen LogP contribution < -0.4 is 5.32 Å². The Morgan fingerprint density at radius 1 is 1.00 bits per heavy atom. The second-order valence-electron chi connectivity index (χ2n) is 8.24. The molecule has 5 aromatic rings. The van der Waals surface area contributed by atoms with Crippen LogP contribution >= 0.6 is 23.1 Å². The minimum absolute atomic E-state index is 0.121. The largest absolute Gasteiger partial charge is 0.302 e. The predicted octanol–water partition coefficient (Wildman–Crippen LogP) is 5.99. The average molecular weight is 512 g/mol. The molecule has 0 saturated heterocycles. The lowest BCUT2D eigenvalue weighted by atomic mass is 10.0. The zero-order chi connectivity index (χ0) is 24.7. The van der Waals surface area contributed by atoms with E-state index >= 15 is 0 Å². The van der Waals surface area contributed by atoms with Crippen LogP contribution in [0.15, 0.2) is 96.8 Å². The summed E-state index contributed by atoms with van der Waals surface area (Å²) in [5.74, 6) is 0.949. The fourth-order valence-electron chi connectivity index (χ4n) is 4.01. The highest BCUT2D eigenvalue weighted by Crippen LogP contribution is 2.26. The fraction of sp³-hybridized carbons (Fsp3) is 0.143. The number of allylic oxidation sites excluding steroid dienone is 1. The molecule has 1 amide bonds. The van der Waals surface area contributed by atoms with Gasteiger partial charge in [0.15, 0.2) is 10.3 Å². The molecule has 0 aliphatic heterocycles. The van der Waals surface area contributed by atoms with Crippen molar-refractivity contribution in [3.05, 3.63) is 113 Å². The molecule has 5 rings (SSSR count). The molecule has 180 valence electrons. The Hall–Kier alpha value is -3.75. The number of hydrogen-bond donors (Lipinski definition) is 1. The van der Waals surface area contributed by atoms with Crippen LogP contribution in [0.4, 0.5) is 5.13 Å². The summed E-state index contributed by atoms with van der Waals surface area (Å²) < 4.78 is 2.00. The minimum atomic E-state index is -0.121. The molecule has 0 aliphatic carbocycles. The number of carbonyl (C=O) groups is 1. The molecule has 0 unspecified atom stereocenters. The Morgan fingerprint density at radius 2 is 1.81 bits per heavy atom. The predicted molar refractivity (Wildman–Crippen MR) is 148 cm³/mol. The van der Waals surface area contributed by atoms with Crippen LogP contribution in [0.2, 0.25) is 0 Å². The summed E-state index contributed by atoms with van der Waals surface area (Å²) in [6.45, 7) is 4.44. The second-order valence-corrected chi connectivity index (χ2v) is 10.3. The third-order valence-electron chi connectivity index (χ3n) is 5.69. The molecule has 0 aliphatic rings. The van der Waals surface area contributed by atoms with E-state index in [4.69, 9.17) is 0 Å². The van der Waals surface area contributed by atoms with Crippen LogP contribution in [0.5, 0.6) is 0 Å². The van der Waals surface area contributed by atoms with E-state index in [0.717, 1.165) is 22.7 Å². The summed E-state index contributed by atoms with van der Waals surface area (Å²) in [6, 6.07) is 24.9. The number of carbonyl (C=O) groups excluding carboxylic acids is 1. The van der Waals surface area contributed by atoms with Crippen molar-refractivity contribution >= 4 is 44.9 Å². The molecule has 0 saturated carbocycles. The van der Waals surface area contributed by atoms with E-state index in [0.29, 0.717) is 23.3 Å². The summed E-state index contributed by atoms with van der Waals surface area (Å²) >= 11 is 2.87. The first kappa shape index (κ1) is 24.0. The fourth-order valence-corrected chi connectivity index (χ4v) is 5.63. The highest BCUT2D eigenvalue weighted by Gasteiger charge is 2.15. The molecule has 0 fully saturated rings. The van der Waals surface area contributed by atoms with Gasteiger partial charge in [-0.1, -0.05) is 90.6 Å². The molecule has 6 nitrogen and oxygen atoms in total. The maximum absolute atomic E-state index is 12.7. The first-order valence-corrected chi connectivity index (χ1v) is 13.4. The number of amides is 1. The SMILES string of the molecule is C=CCn1c(Cc2ccccc2)nnc1SCC(=O)Nc1ncc(Cc2cccc3ccccc23)s1. The van der Waals surface area contributed by atoms with Gasteiger partial charge in [-0.3, -0.25) is 4.79 Å². The van der Waals surface area contributed by atoms with Crippen molar-refractivity contribution in [1.29, 1.82) is 0 Å². The van der Waals surface area contributed by atoms with Crippen molar-refractivity contribution < 1.29 is 4.79 Å². The number of aromatic nitrogens is 4. The van der Waals surface area contributed by atoms with E-state index in [1.165, 1.54) is 39.4 Å². The van der Waals surface area contributed by atoms with E-state index in [9.17, 15) is 4.79 Å². The van der Waals surface area contributed by atoms with Crippen molar-refractivity contribution in [3.63, 3.8) is 0 Å². The smallest absolute Gasteiger partial charge is 0.236 e. The van der Waals surface area contributed by atoms with Gasteiger partial charge in [-0.25, -0.2) is 4.98 Å². The number of nitrogens with zero attached hydrogens (tertiary/aromatic N) is 4. The number of hydrogen-bond acceptors (Lipinski definition) is 6. The molecule has 8 heteroatoms. The summed E-state index contributed by atoms with van der Waals surface area (Å²) in [5, 5.41) is 15.4. The molecular weight excluding hydrogens is 486 g/mol. The van der Waals surface area contributed by atoms with Crippen molar-refractivity contribution in [2.45, 2.75) is 24.5 Å². The summed E-state index contributed by atoms with van der Waals surface area (Å²) in [4.78, 5) is 18.2. The van der Waals surface area contributed by atoms with Gasteiger partial charge in [0.1, 0.15) is 5.82 Å². The third kappa shape index (κ3) is 5.72. The van der Waals surface area contributed by atoms with Crippen LogP contribution in [-0.2, 0) is 24.2 Å². The number of thiazole rings is 1. The Labute approximate surface area is 218 Å². The average Bonchev–Trinajstić information content (AvgIpc) is 3.50. The Morgan fingerprint density at radius 3 is 2.67 bits per heavy atom. The number of nitrogens with one attached hydrogen (secondary N) is 1. The maximum atomic E-state index is 12.7. The molecule has 0 radical (unpaired) electrons. The highest BCUT2D eigenvalue weighted by atomic mass is 32.2. The monoisotopic (exact) mass is 511 g/mol. The first-order valence-electron chi connectivity index (χ1n) is 11.6. The van der Waals surface area contributed by atoms with Crippen LogP contribution in [-0.4, -0.2) is 31.4 Å². The normalized spacial score (nSPS) is 11.0. The number of benzene rings is 3. The van der Waals surface area contributed by atoms with Gasteiger partial charge in [-0.15, -0.1) is 28.1 Å². The maximum Gasteiger partial charge on any atom is 0.236 e. The van der Waals surface area contributed by atoms with Gasteiger partial charge in [-0.2, -0.15) is 0 Å². The van der Waals surface area contributed by atoms with Crippen LogP contribution in [0.1, 0.15) is 21.8 Å². The van der Waals surface area contributed by atoms with Crippen LogP contribution in [0, 0.1) is 0 Å². The molecule has 3 aromatic carbocycles. The number of thioether (sulfide) groups is 1. The lowest BCUT2D eigenvalue weighted by molar-refractivity contribution is -0.113. The van der Waals surface area contributed by atoms with E-state index in [-0.39, 0.29) is 11.7 Å². The molecular formula is C28H25N5OS2. The van der Waals surface area contributed by atoms with Gasteiger partial charge in [0, 0.05) is 30.5 Å². The minimum Gasteiger partial charge on any atom is -0.302 e. The van der Waals surface area contributed by atoms with Crippen molar-refractivity contribution in [1.82, 2.24) is 19.7 Å². The molecule has 1 N–H and O–H groups in total. The van der Waals surface area contributed by atoms with Crippen molar-refractivity contribution in [2.75, 3.05) is 11.1 Å². The highest BCUT2D eigenvalue weighted by molar-refractivity contribution is 7.99. The summed E-state index contributed by atoms with van der Waals surface area (Å²) in [5.41, 5.74) is 2.41. The zero-order valence-electron chi connectivity index (χ0n) is 19.6. The standard InChI is InChI=1S/C28H25N5OS2/c1-2-15-33-25(16-20-9-4-3-5-10-20)31-32-28(33)35-19-26(34)30-27-29-18-23(36-27)17-22-13-8-12-21-11-6-7-14-24(21)22/h2-14,18H,1,15-17,19H2,(H,29,30,34). The van der Waals surface area contributed by atoms with Gasteiger partial charge >= 0.3 is 0 Å². The molecule has 2 aromatic heterocycles.